The van der Waals surface area contributed by atoms with Gasteiger partial charge in [0.25, 0.3) is 5.91 Å². The first-order valence-corrected chi connectivity index (χ1v) is 10.3. The van der Waals surface area contributed by atoms with Gasteiger partial charge < -0.3 is 9.42 Å². The van der Waals surface area contributed by atoms with E-state index in [0.29, 0.717) is 30.4 Å². The number of rotatable bonds is 3. The molecule has 1 saturated heterocycles. The lowest BCUT2D eigenvalue weighted by atomic mass is 9.96. The predicted octanol–water partition coefficient (Wildman–Crippen LogP) is 5.28. The van der Waals surface area contributed by atoms with E-state index in [1.807, 2.05) is 53.4 Å². The number of nitrogens with zero attached hydrogens (tertiary/aromatic N) is 3. The highest BCUT2D eigenvalue weighted by Gasteiger charge is 2.28. The van der Waals surface area contributed by atoms with Crippen molar-refractivity contribution in [2.75, 3.05) is 13.1 Å². The molecular formula is C20H17Br2N3O2. The van der Waals surface area contributed by atoms with Crippen LogP contribution in [0.4, 0.5) is 0 Å². The minimum Gasteiger partial charge on any atom is -0.339 e. The number of likely N-dealkylation sites (tertiary alicyclic amines) is 1. The van der Waals surface area contributed by atoms with E-state index in [9.17, 15) is 4.79 Å². The summed E-state index contributed by atoms with van der Waals surface area (Å²) in [4.78, 5) is 19.2. The molecule has 0 spiro atoms. The largest absolute Gasteiger partial charge is 0.339 e. The average molecular weight is 491 g/mol. The highest BCUT2D eigenvalue weighted by molar-refractivity contribution is 9.10. The molecular weight excluding hydrogens is 474 g/mol. The fourth-order valence-corrected chi connectivity index (χ4v) is 3.97. The fraction of sp³-hybridized carbons (Fsp3) is 0.250. The summed E-state index contributed by atoms with van der Waals surface area (Å²) in [5, 5.41) is 4.12. The van der Waals surface area contributed by atoms with Crippen LogP contribution in [0.1, 0.15) is 35.0 Å². The van der Waals surface area contributed by atoms with Gasteiger partial charge in [0.05, 0.1) is 5.56 Å². The zero-order valence-electron chi connectivity index (χ0n) is 14.4. The molecule has 0 N–H and O–H groups in total. The van der Waals surface area contributed by atoms with Gasteiger partial charge in [-0.2, -0.15) is 4.98 Å². The van der Waals surface area contributed by atoms with Gasteiger partial charge in [-0.05, 0) is 65.2 Å². The van der Waals surface area contributed by atoms with Crippen LogP contribution >= 0.6 is 31.9 Å². The van der Waals surface area contributed by atoms with Gasteiger partial charge in [-0.1, -0.05) is 33.2 Å². The van der Waals surface area contributed by atoms with Gasteiger partial charge >= 0.3 is 0 Å². The van der Waals surface area contributed by atoms with Crippen molar-refractivity contribution in [2.24, 2.45) is 0 Å². The maximum atomic E-state index is 12.7. The predicted molar refractivity (Wildman–Crippen MR) is 109 cm³/mol. The van der Waals surface area contributed by atoms with E-state index >= 15 is 0 Å². The van der Waals surface area contributed by atoms with Crippen LogP contribution in [0.5, 0.6) is 0 Å². The summed E-state index contributed by atoms with van der Waals surface area (Å²) in [6.45, 7) is 1.36. The van der Waals surface area contributed by atoms with Crippen LogP contribution in [-0.4, -0.2) is 34.0 Å². The summed E-state index contributed by atoms with van der Waals surface area (Å²) in [6, 6.07) is 15.4. The minimum atomic E-state index is 0.0574. The molecule has 27 heavy (non-hydrogen) atoms. The van der Waals surface area contributed by atoms with Crippen molar-refractivity contribution in [2.45, 2.75) is 18.8 Å². The molecule has 3 aromatic rings. The summed E-state index contributed by atoms with van der Waals surface area (Å²) in [6.07, 6.45) is 1.64. The lowest BCUT2D eigenvalue weighted by Crippen LogP contribution is -2.38. The maximum Gasteiger partial charge on any atom is 0.254 e. The van der Waals surface area contributed by atoms with Crippen molar-refractivity contribution >= 4 is 37.8 Å². The normalized spacial score (nSPS) is 15.1. The molecule has 0 unspecified atom stereocenters. The number of piperidine rings is 1. The molecule has 2 aromatic carbocycles. The lowest BCUT2D eigenvalue weighted by molar-refractivity contribution is 0.0703. The number of carbonyl (C=O) groups is 1. The van der Waals surface area contributed by atoms with Gasteiger partial charge in [-0.3, -0.25) is 4.79 Å². The Morgan fingerprint density at radius 1 is 1.04 bits per heavy atom. The number of halogens is 2. The molecule has 0 atom stereocenters. The van der Waals surface area contributed by atoms with Crippen LogP contribution < -0.4 is 0 Å². The Kier molecular flexibility index (Phi) is 5.41. The highest BCUT2D eigenvalue weighted by atomic mass is 79.9. The number of hydrogen-bond donors (Lipinski definition) is 0. The third-order valence-electron chi connectivity index (χ3n) is 4.78. The van der Waals surface area contributed by atoms with Crippen molar-refractivity contribution in [3.63, 3.8) is 0 Å². The number of aromatic nitrogens is 2. The van der Waals surface area contributed by atoms with E-state index in [4.69, 9.17) is 4.52 Å². The maximum absolute atomic E-state index is 12.7. The van der Waals surface area contributed by atoms with E-state index in [1.165, 1.54) is 0 Å². The number of amides is 1. The summed E-state index contributed by atoms with van der Waals surface area (Å²) in [5.41, 5.74) is 1.63. The Labute approximate surface area is 174 Å². The summed E-state index contributed by atoms with van der Waals surface area (Å²) in [5.74, 6) is 1.50. The Morgan fingerprint density at radius 2 is 1.74 bits per heavy atom. The zero-order chi connectivity index (χ0) is 18.8. The van der Waals surface area contributed by atoms with Gasteiger partial charge in [0.1, 0.15) is 0 Å². The van der Waals surface area contributed by atoms with E-state index in [0.717, 1.165) is 27.4 Å². The smallest absolute Gasteiger partial charge is 0.254 e. The Bertz CT molecular complexity index is 948. The molecule has 138 valence electrons. The van der Waals surface area contributed by atoms with Crippen molar-refractivity contribution in [1.82, 2.24) is 15.0 Å². The van der Waals surface area contributed by atoms with Crippen LogP contribution in [0.2, 0.25) is 0 Å². The summed E-state index contributed by atoms with van der Waals surface area (Å²) >= 11 is 6.88. The number of hydrogen-bond acceptors (Lipinski definition) is 4. The van der Waals surface area contributed by atoms with Crippen LogP contribution in [0.15, 0.2) is 62.0 Å². The molecule has 0 radical (unpaired) electrons. The van der Waals surface area contributed by atoms with Crippen molar-refractivity contribution in [3.8, 4) is 11.4 Å². The molecule has 5 nitrogen and oxygen atoms in total. The molecule has 4 rings (SSSR count). The standard InChI is InChI=1S/C20H17Br2N3O2/c21-15-7-5-13(6-8-15)18-23-19(27-24-18)14-9-11-25(12-10-14)20(26)16-3-1-2-4-17(16)22/h1-8,14H,9-12H2. The van der Waals surface area contributed by atoms with Crippen LogP contribution in [0.25, 0.3) is 11.4 Å². The van der Waals surface area contributed by atoms with Crippen molar-refractivity contribution in [3.05, 3.63) is 68.9 Å². The monoisotopic (exact) mass is 489 g/mol. The molecule has 2 heterocycles. The lowest BCUT2D eigenvalue weighted by Gasteiger charge is -2.30. The second-order valence-corrected chi connectivity index (χ2v) is 8.28. The van der Waals surface area contributed by atoms with Gasteiger partial charge in [0.2, 0.25) is 11.7 Å². The molecule has 1 aromatic heterocycles. The highest BCUT2D eigenvalue weighted by Crippen LogP contribution is 2.30. The third-order valence-corrected chi connectivity index (χ3v) is 6.00. The molecule has 1 aliphatic rings. The first-order chi connectivity index (χ1) is 13.1. The zero-order valence-corrected chi connectivity index (χ0v) is 17.6. The number of carbonyl (C=O) groups excluding carboxylic acids is 1. The van der Waals surface area contributed by atoms with Crippen molar-refractivity contribution in [1.29, 1.82) is 0 Å². The van der Waals surface area contributed by atoms with Crippen LogP contribution in [0.3, 0.4) is 0 Å². The minimum absolute atomic E-state index is 0.0574. The van der Waals surface area contributed by atoms with Gasteiger partial charge in [-0.15, -0.1) is 0 Å². The van der Waals surface area contributed by atoms with Crippen molar-refractivity contribution < 1.29 is 9.32 Å². The molecule has 1 aliphatic heterocycles. The van der Waals surface area contributed by atoms with Crippen LogP contribution in [-0.2, 0) is 0 Å². The van der Waals surface area contributed by atoms with E-state index in [1.54, 1.807) is 0 Å². The first kappa shape index (κ1) is 18.4. The molecule has 1 amide bonds. The fourth-order valence-electron chi connectivity index (χ4n) is 3.25. The second-order valence-electron chi connectivity index (χ2n) is 6.51. The molecule has 0 saturated carbocycles. The van der Waals surface area contributed by atoms with Crippen LogP contribution in [0, 0.1) is 0 Å². The molecule has 7 heteroatoms. The second kappa shape index (κ2) is 7.94. The van der Waals surface area contributed by atoms with E-state index < -0.39 is 0 Å². The quantitative estimate of drug-likeness (QED) is 0.501. The Morgan fingerprint density at radius 3 is 2.44 bits per heavy atom. The SMILES string of the molecule is O=C(c1ccccc1Br)N1CCC(c2nc(-c3ccc(Br)cc3)no2)CC1. The molecule has 1 fully saturated rings. The average Bonchev–Trinajstić information content (AvgIpc) is 3.19. The number of benzene rings is 2. The first-order valence-electron chi connectivity index (χ1n) is 8.75. The van der Waals surface area contributed by atoms with E-state index in [-0.39, 0.29) is 11.8 Å². The topological polar surface area (TPSA) is 59.2 Å². The Hall–Kier alpha value is -1.99. The van der Waals surface area contributed by atoms with Gasteiger partial charge in [0, 0.05) is 33.5 Å². The third kappa shape index (κ3) is 3.99. The van der Waals surface area contributed by atoms with Gasteiger partial charge in [-0.25, -0.2) is 0 Å². The van der Waals surface area contributed by atoms with E-state index in [2.05, 4.69) is 42.0 Å². The summed E-state index contributed by atoms with van der Waals surface area (Å²) < 4.78 is 7.34. The molecule has 0 bridgehead atoms. The summed E-state index contributed by atoms with van der Waals surface area (Å²) in [7, 11) is 0. The molecule has 0 aliphatic carbocycles. The Balaban J connectivity index is 1.42. The van der Waals surface area contributed by atoms with Gasteiger partial charge in [0.15, 0.2) is 0 Å².